The van der Waals surface area contributed by atoms with Crippen molar-refractivity contribution in [3.05, 3.63) is 34.9 Å². The summed E-state index contributed by atoms with van der Waals surface area (Å²) in [5.74, 6) is 5.20. The third kappa shape index (κ3) is 5.04. The van der Waals surface area contributed by atoms with Gasteiger partial charge < -0.3 is 15.1 Å². The molecule has 0 atom stereocenters. The topological polar surface area (TPSA) is 60.8 Å². The van der Waals surface area contributed by atoms with E-state index in [1.807, 2.05) is 13.0 Å². The molecule has 1 amide bonds. The molecular formula is C16H21NO3. The number of likely N-dealkylation sites (N-methyl/N-ethyl adjacent to an activating group) is 1. The summed E-state index contributed by atoms with van der Waals surface area (Å²) in [4.78, 5) is 13.8. The maximum atomic E-state index is 12.3. The minimum absolute atomic E-state index is 0.164. The van der Waals surface area contributed by atoms with Gasteiger partial charge >= 0.3 is 0 Å². The Bertz CT molecular complexity index is 547. The molecular weight excluding hydrogens is 254 g/mol. The van der Waals surface area contributed by atoms with Gasteiger partial charge in [0.2, 0.25) is 0 Å². The van der Waals surface area contributed by atoms with Crippen LogP contribution in [0.1, 0.15) is 35.3 Å². The molecule has 0 saturated heterocycles. The second-order valence-electron chi connectivity index (χ2n) is 5.52. The third-order valence-electron chi connectivity index (χ3n) is 2.61. The number of nitrogens with zero attached hydrogens (tertiary/aromatic N) is 1. The van der Waals surface area contributed by atoms with E-state index >= 15 is 0 Å². The summed E-state index contributed by atoms with van der Waals surface area (Å²) < 4.78 is 0. The molecule has 20 heavy (non-hydrogen) atoms. The Morgan fingerprint density at radius 1 is 1.35 bits per heavy atom. The molecule has 0 unspecified atom stereocenters. The van der Waals surface area contributed by atoms with Crippen LogP contribution in [0.15, 0.2) is 18.2 Å². The van der Waals surface area contributed by atoms with Gasteiger partial charge in [-0.3, -0.25) is 4.79 Å². The van der Waals surface area contributed by atoms with Gasteiger partial charge in [0.05, 0.1) is 5.60 Å². The van der Waals surface area contributed by atoms with Crippen molar-refractivity contribution >= 4 is 5.91 Å². The fraction of sp³-hybridized carbons (Fsp3) is 0.438. The van der Waals surface area contributed by atoms with Gasteiger partial charge in [-0.2, -0.15) is 0 Å². The predicted octanol–water partition coefficient (Wildman–Crippen LogP) is 1.18. The molecule has 0 radical (unpaired) electrons. The molecule has 0 aromatic heterocycles. The summed E-state index contributed by atoms with van der Waals surface area (Å²) in [6.07, 6.45) is 0. The van der Waals surface area contributed by atoms with Gasteiger partial charge in [-0.15, -0.1) is 0 Å². The number of aliphatic hydroxyl groups is 2. The zero-order valence-corrected chi connectivity index (χ0v) is 12.4. The first kappa shape index (κ1) is 16.2. The molecule has 1 rings (SSSR count). The van der Waals surface area contributed by atoms with Gasteiger partial charge in [0.1, 0.15) is 6.61 Å². The summed E-state index contributed by atoms with van der Waals surface area (Å²) in [5.41, 5.74) is 1.21. The van der Waals surface area contributed by atoms with Crippen LogP contribution in [0.3, 0.4) is 0 Å². The molecule has 0 aliphatic rings. The lowest BCUT2D eigenvalue weighted by Crippen LogP contribution is -2.39. The van der Waals surface area contributed by atoms with Crippen LogP contribution in [-0.2, 0) is 0 Å². The Hall–Kier alpha value is -1.83. The molecule has 1 aromatic carbocycles. The average Bonchev–Trinajstić information content (AvgIpc) is 2.32. The van der Waals surface area contributed by atoms with E-state index in [0.29, 0.717) is 11.1 Å². The van der Waals surface area contributed by atoms with Crippen LogP contribution in [-0.4, -0.2) is 46.8 Å². The van der Waals surface area contributed by atoms with Gasteiger partial charge in [-0.25, -0.2) is 0 Å². The number of aryl methyl sites for hydroxylation is 1. The van der Waals surface area contributed by atoms with E-state index in [4.69, 9.17) is 5.11 Å². The van der Waals surface area contributed by atoms with Crippen LogP contribution in [0, 0.1) is 18.8 Å². The fourth-order valence-corrected chi connectivity index (χ4v) is 1.99. The highest BCUT2D eigenvalue weighted by Gasteiger charge is 2.20. The number of carbonyl (C=O) groups is 1. The first-order valence-electron chi connectivity index (χ1n) is 6.42. The van der Waals surface area contributed by atoms with E-state index < -0.39 is 5.60 Å². The van der Waals surface area contributed by atoms with E-state index in [9.17, 15) is 9.90 Å². The minimum Gasteiger partial charge on any atom is -0.389 e. The Morgan fingerprint density at radius 3 is 2.55 bits per heavy atom. The number of carbonyl (C=O) groups excluding carboxylic acids is 1. The Labute approximate surface area is 120 Å². The largest absolute Gasteiger partial charge is 0.389 e. The Balaban J connectivity index is 3.01. The summed E-state index contributed by atoms with van der Waals surface area (Å²) in [6.45, 7) is 5.24. The standard InChI is InChI=1S/C16H21NO3/c1-12-8-13(6-5-7-18)10-14(9-12)15(19)17(4)11-16(2,3)20/h8-10,18,20H,7,11H2,1-4H3. The molecule has 2 N–H and O–H groups in total. The van der Waals surface area contributed by atoms with Crippen LogP contribution in [0.25, 0.3) is 0 Å². The molecule has 0 aliphatic carbocycles. The van der Waals surface area contributed by atoms with Crippen molar-refractivity contribution < 1.29 is 15.0 Å². The van der Waals surface area contributed by atoms with Crippen molar-refractivity contribution in [3.63, 3.8) is 0 Å². The minimum atomic E-state index is -0.937. The van der Waals surface area contributed by atoms with E-state index in [1.165, 1.54) is 4.90 Å². The van der Waals surface area contributed by atoms with Crippen molar-refractivity contribution in [2.24, 2.45) is 0 Å². The highest BCUT2D eigenvalue weighted by atomic mass is 16.3. The van der Waals surface area contributed by atoms with Crippen molar-refractivity contribution in [2.75, 3.05) is 20.2 Å². The maximum absolute atomic E-state index is 12.3. The van der Waals surface area contributed by atoms with Crippen molar-refractivity contribution in [1.29, 1.82) is 0 Å². The van der Waals surface area contributed by atoms with E-state index in [0.717, 1.165) is 5.56 Å². The van der Waals surface area contributed by atoms with Crippen LogP contribution < -0.4 is 0 Å². The van der Waals surface area contributed by atoms with Crippen molar-refractivity contribution in [1.82, 2.24) is 4.90 Å². The highest BCUT2D eigenvalue weighted by Crippen LogP contribution is 2.13. The smallest absolute Gasteiger partial charge is 0.253 e. The molecule has 1 aromatic rings. The van der Waals surface area contributed by atoms with Crippen LogP contribution >= 0.6 is 0 Å². The van der Waals surface area contributed by atoms with Crippen LogP contribution in [0.5, 0.6) is 0 Å². The third-order valence-corrected chi connectivity index (χ3v) is 2.61. The number of hydrogen-bond acceptors (Lipinski definition) is 3. The lowest BCUT2D eigenvalue weighted by atomic mass is 10.0. The molecule has 4 nitrogen and oxygen atoms in total. The van der Waals surface area contributed by atoms with Crippen LogP contribution in [0.2, 0.25) is 0 Å². The second kappa shape index (κ2) is 6.56. The highest BCUT2D eigenvalue weighted by molar-refractivity contribution is 5.94. The molecule has 0 heterocycles. The first-order chi connectivity index (χ1) is 9.23. The summed E-state index contributed by atoms with van der Waals surface area (Å²) >= 11 is 0. The molecule has 4 heteroatoms. The number of benzene rings is 1. The summed E-state index contributed by atoms with van der Waals surface area (Å²) in [6, 6.07) is 5.33. The van der Waals surface area contributed by atoms with E-state index in [1.54, 1.807) is 33.0 Å². The number of rotatable bonds is 3. The van der Waals surface area contributed by atoms with E-state index in [2.05, 4.69) is 11.8 Å². The van der Waals surface area contributed by atoms with Gasteiger partial charge in [0.25, 0.3) is 5.91 Å². The molecule has 0 aliphatic heterocycles. The Kier molecular flexibility index (Phi) is 5.32. The number of hydrogen-bond donors (Lipinski definition) is 2. The number of aliphatic hydroxyl groups excluding tert-OH is 1. The molecule has 0 bridgehead atoms. The van der Waals surface area contributed by atoms with Gasteiger partial charge in [0, 0.05) is 24.7 Å². The van der Waals surface area contributed by atoms with E-state index in [-0.39, 0.29) is 19.1 Å². The van der Waals surface area contributed by atoms with Crippen molar-refractivity contribution in [2.45, 2.75) is 26.4 Å². The van der Waals surface area contributed by atoms with Crippen LogP contribution in [0.4, 0.5) is 0 Å². The normalized spacial score (nSPS) is 10.7. The maximum Gasteiger partial charge on any atom is 0.253 e. The molecule has 108 valence electrons. The zero-order chi connectivity index (χ0) is 15.3. The molecule has 0 saturated carbocycles. The summed E-state index contributed by atoms with van der Waals surface area (Å²) in [7, 11) is 1.65. The average molecular weight is 275 g/mol. The first-order valence-corrected chi connectivity index (χ1v) is 6.42. The predicted molar refractivity (Wildman–Crippen MR) is 78.4 cm³/mol. The molecule has 0 fully saturated rings. The SMILES string of the molecule is Cc1cc(C#CCO)cc(C(=O)N(C)CC(C)(C)O)c1. The van der Waals surface area contributed by atoms with Gasteiger partial charge in [-0.05, 0) is 44.5 Å². The van der Waals surface area contributed by atoms with Gasteiger partial charge in [-0.1, -0.05) is 11.8 Å². The fourth-order valence-electron chi connectivity index (χ4n) is 1.99. The lowest BCUT2D eigenvalue weighted by Gasteiger charge is -2.25. The zero-order valence-electron chi connectivity index (χ0n) is 12.4. The monoisotopic (exact) mass is 275 g/mol. The summed E-state index contributed by atoms with van der Waals surface area (Å²) in [5, 5.41) is 18.5. The van der Waals surface area contributed by atoms with Gasteiger partial charge in [0.15, 0.2) is 0 Å². The quantitative estimate of drug-likeness (QED) is 0.814. The molecule has 0 spiro atoms. The lowest BCUT2D eigenvalue weighted by molar-refractivity contribution is 0.0368. The second-order valence-corrected chi connectivity index (χ2v) is 5.52. The number of amides is 1. The van der Waals surface area contributed by atoms with Crippen molar-refractivity contribution in [3.8, 4) is 11.8 Å². The Morgan fingerprint density at radius 2 is 2.00 bits per heavy atom.